The average Bonchev–Trinajstić information content (AvgIpc) is 2.74. The van der Waals surface area contributed by atoms with Crippen LogP contribution in [0.25, 0.3) is 11.3 Å². The molecule has 0 amide bonds. The van der Waals surface area contributed by atoms with E-state index in [2.05, 4.69) is 16.1 Å². The molecule has 1 aliphatic carbocycles. The first kappa shape index (κ1) is 18.7. The molecule has 2 aromatic heterocycles. The molecule has 3 aromatic rings. The summed E-state index contributed by atoms with van der Waals surface area (Å²) < 4.78 is 6.75. The highest BCUT2D eigenvalue weighted by molar-refractivity contribution is 6.30. The lowest BCUT2D eigenvalue weighted by Crippen LogP contribution is -2.29. The van der Waals surface area contributed by atoms with Crippen molar-refractivity contribution in [2.45, 2.75) is 37.6 Å². The molecule has 0 saturated heterocycles. The van der Waals surface area contributed by atoms with Crippen LogP contribution in [0.15, 0.2) is 59.5 Å². The Hall–Kier alpha value is -2.66. The zero-order valence-electron chi connectivity index (χ0n) is 15.7. The van der Waals surface area contributed by atoms with Gasteiger partial charge in [-0.2, -0.15) is 5.10 Å². The van der Waals surface area contributed by atoms with E-state index in [1.807, 2.05) is 24.3 Å². The number of hydrogen-bond acceptors (Lipinski definition) is 4. The maximum Gasteiger partial charge on any atom is 0.267 e. The van der Waals surface area contributed by atoms with Crippen LogP contribution in [-0.2, 0) is 0 Å². The molecular weight excluding hydrogens is 374 g/mol. The predicted molar refractivity (Wildman–Crippen MR) is 110 cm³/mol. The maximum absolute atomic E-state index is 12.4. The molecule has 2 heterocycles. The van der Waals surface area contributed by atoms with Crippen LogP contribution >= 0.6 is 11.6 Å². The van der Waals surface area contributed by atoms with Gasteiger partial charge in [-0.1, -0.05) is 23.7 Å². The van der Waals surface area contributed by atoms with Crippen molar-refractivity contribution < 1.29 is 4.74 Å². The Morgan fingerprint density at radius 3 is 2.57 bits per heavy atom. The Balaban J connectivity index is 1.52. The molecule has 0 unspecified atom stereocenters. The first-order chi connectivity index (χ1) is 13.6. The number of pyridine rings is 1. The van der Waals surface area contributed by atoms with Gasteiger partial charge in [0.1, 0.15) is 0 Å². The van der Waals surface area contributed by atoms with E-state index in [4.69, 9.17) is 16.3 Å². The second-order valence-corrected chi connectivity index (χ2v) is 7.59. The maximum atomic E-state index is 12.4. The third-order valence-electron chi connectivity index (χ3n) is 5.43. The minimum atomic E-state index is -0.0589. The molecule has 0 N–H and O–H groups in total. The normalized spacial score (nSPS) is 19.4. The van der Waals surface area contributed by atoms with E-state index in [0.29, 0.717) is 11.8 Å². The number of aromatic nitrogens is 3. The van der Waals surface area contributed by atoms with Crippen LogP contribution in [-0.4, -0.2) is 21.9 Å². The number of rotatable bonds is 4. The summed E-state index contributed by atoms with van der Waals surface area (Å²) in [6.07, 6.45) is 5.61. The zero-order chi connectivity index (χ0) is 19.5. The molecule has 4 rings (SSSR count). The quantitative estimate of drug-likeness (QED) is 0.632. The highest BCUT2D eigenvalue weighted by Gasteiger charge is 2.25. The summed E-state index contributed by atoms with van der Waals surface area (Å²) in [5.41, 5.74) is 2.83. The molecule has 0 radical (unpaired) electrons. The molecule has 1 saturated carbocycles. The van der Waals surface area contributed by atoms with Crippen molar-refractivity contribution in [2.24, 2.45) is 0 Å². The van der Waals surface area contributed by atoms with Crippen LogP contribution in [0.3, 0.4) is 0 Å². The van der Waals surface area contributed by atoms with Gasteiger partial charge >= 0.3 is 0 Å². The predicted octanol–water partition coefficient (Wildman–Crippen LogP) is 4.87. The first-order valence-corrected chi connectivity index (χ1v) is 9.87. The summed E-state index contributed by atoms with van der Waals surface area (Å²) in [4.78, 5) is 16.7. The highest BCUT2D eigenvalue weighted by Crippen LogP contribution is 2.38. The number of methoxy groups -OCH3 is 1. The number of ether oxygens (including phenoxy) is 1. The summed E-state index contributed by atoms with van der Waals surface area (Å²) >= 11 is 6.14. The van der Waals surface area contributed by atoms with Gasteiger partial charge in [-0.3, -0.25) is 4.79 Å². The van der Waals surface area contributed by atoms with Crippen molar-refractivity contribution in [1.82, 2.24) is 14.8 Å². The van der Waals surface area contributed by atoms with Gasteiger partial charge in [0.2, 0.25) is 5.88 Å². The number of hydrogen-bond donors (Lipinski definition) is 0. The molecule has 28 heavy (non-hydrogen) atoms. The highest BCUT2D eigenvalue weighted by atomic mass is 35.5. The van der Waals surface area contributed by atoms with Gasteiger partial charge in [0.05, 0.1) is 18.8 Å². The molecule has 1 fully saturated rings. The van der Waals surface area contributed by atoms with Crippen LogP contribution in [0.5, 0.6) is 5.88 Å². The minimum absolute atomic E-state index is 0.0589. The first-order valence-electron chi connectivity index (χ1n) is 9.50. The Kier molecular flexibility index (Phi) is 5.44. The van der Waals surface area contributed by atoms with Crippen LogP contribution in [0.2, 0.25) is 5.02 Å². The van der Waals surface area contributed by atoms with Crippen molar-refractivity contribution in [3.8, 4) is 17.1 Å². The van der Waals surface area contributed by atoms with E-state index < -0.39 is 0 Å². The molecular formula is C22H22ClN3O2. The van der Waals surface area contributed by atoms with Crippen molar-refractivity contribution in [1.29, 1.82) is 0 Å². The summed E-state index contributed by atoms with van der Waals surface area (Å²) in [5, 5.41) is 5.41. The van der Waals surface area contributed by atoms with Crippen molar-refractivity contribution in [3.05, 3.63) is 75.7 Å². The lowest BCUT2D eigenvalue weighted by molar-refractivity contribution is 0.295. The van der Waals surface area contributed by atoms with Crippen LogP contribution in [0.4, 0.5) is 0 Å². The van der Waals surface area contributed by atoms with Gasteiger partial charge in [-0.25, -0.2) is 9.67 Å². The molecule has 5 nitrogen and oxygen atoms in total. The van der Waals surface area contributed by atoms with Crippen LogP contribution in [0.1, 0.15) is 43.2 Å². The molecule has 0 atom stereocenters. The monoisotopic (exact) mass is 395 g/mol. The van der Waals surface area contributed by atoms with Crippen molar-refractivity contribution in [3.63, 3.8) is 0 Å². The lowest BCUT2D eigenvalue weighted by atomic mass is 9.82. The molecule has 144 valence electrons. The van der Waals surface area contributed by atoms with Crippen molar-refractivity contribution in [2.75, 3.05) is 7.11 Å². The third kappa shape index (κ3) is 3.94. The van der Waals surface area contributed by atoms with Gasteiger partial charge in [0.25, 0.3) is 5.56 Å². The van der Waals surface area contributed by atoms with Gasteiger partial charge < -0.3 is 4.74 Å². The molecule has 6 heteroatoms. The fourth-order valence-corrected chi connectivity index (χ4v) is 4.11. The zero-order valence-corrected chi connectivity index (χ0v) is 16.5. The molecule has 1 aliphatic rings. The van der Waals surface area contributed by atoms with Gasteiger partial charge in [0, 0.05) is 28.9 Å². The van der Waals surface area contributed by atoms with E-state index >= 15 is 0 Å². The molecule has 0 bridgehead atoms. The Labute approximate surface area is 169 Å². The number of nitrogens with zero attached hydrogens (tertiary/aromatic N) is 3. The van der Waals surface area contributed by atoms with Gasteiger partial charge in [-0.15, -0.1) is 0 Å². The van der Waals surface area contributed by atoms with Gasteiger partial charge in [0.15, 0.2) is 0 Å². The third-order valence-corrected chi connectivity index (χ3v) is 5.66. The molecule has 0 spiro atoms. The van der Waals surface area contributed by atoms with Crippen molar-refractivity contribution >= 4 is 11.6 Å². The van der Waals surface area contributed by atoms with E-state index in [9.17, 15) is 4.79 Å². The standard InChI is InChI=1S/C22H22ClN3O2/c1-28-21-11-7-17(14-24-21)20-10-12-22(27)26(25-20)19-8-5-15(6-9-19)16-3-2-4-18(23)13-16/h2-4,7,10-15,19H,5-6,8-9H2,1H3. The van der Waals surface area contributed by atoms with E-state index in [-0.39, 0.29) is 11.6 Å². The SMILES string of the molecule is COc1ccc(-c2ccc(=O)n(C3CCC(c4cccc(Cl)c4)CC3)n2)cn1. The number of halogens is 1. The average molecular weight is 396 g/mol. The van der Waals surface area contributed by atoms with E-state index in [1.165, 1.54) is 5.56 Å². The largest absolute Gasteiger partial charge is 0.481 e. The molecule has 1 aromatic carbocycles. The summed E-state index contributed by atoms with van der Waals surface area (Å²) in [5.74, 6) is 1.04. The fraction of sp³-hybridized carbons (Fsp3) is 0.318. The lowest BCUT2D eigenvalue weighted by Gasteiger charge is -2.29. The van der Waals surface area contributed by atoms with Crippen LogP contribution < -0.4 is 10.3 Å². The van der Waals surface area contributed by atoms with E-state index in [0.717, 1.165) is 42.0 Å². The minimum Gasteiger partial charge on any atom is -0.481 e. The second kappa shape index (κ2) is 8.15. The summed E-state index contributed by atoms with van der Waals surface area (Å²) in [6, 6.07) is 15.3. The van der Waals surface area contributed by atoms with E-state index in [1.54, 1.807) is 36.2 Å². The van der Waals surface area contributed by atoms with Gasteiger partial charge in [-0.05, 0) is 61.4 Å². The second-order valence-electron chi connectivity index (χ2n) is 7.15. The Bertz CT molecular complexity index is 1010. The Morgan fingerprint density at radius 2 is 1.89 bits per heavy atom. The molecule has 0 aliphatic heterocycles. The Morgan fingerprint density at radius 1 is 1.07 bits per heavy atom. The summed E-state index contributed by atoms with van der Waals surface area (Å²) in [7, 11) is 1.58. The fourth-order valence-electron chi connectivity index (χ4n) is 3.91. The number of benzene rings is 1. The topological polar surface area (TPSA) is 57.0 Å². The smallest absolute Gasteiger partial charge is 0.267 e. The summed E-state index contributed by atoms with van der Waals surface area (Å²) in [6.45, 7) is 0. The van der Waals surface area contributed by atoms with Crippen LogP contribution in [0, 0.1) is 0 Å².